The number of likely N-dealkylation sites (N-methyl/N-ethyl adjacent to an activating group) is 1. The van der Waals surface area contributed by atoms with Crippen molar-refractivity contribution in [3.05, 3.63) is 34.9 Å². The third kappa shape index (κ3) is 2.36. The number of rotatable bonds is 2. The van der Waals surface area contributed by atoms with Gasteiger partial charge >= 0.3 is 0 Å². The molecule has 1 aromatic carbocycles. The lowest BCUT2D eigenvalue weighted by molar-refractivity contribution is -0.117. The number of carbonyl (C=O) groups is 1. The molecule has 2 rings (SSSR count). The van der Waals surface area contributed by atoms with Crippen molar-refractivity contribution < 1.29 is 4.79 Å². The van der Waals surface area contributed by atoms with Crippen molar-refractivity contribution >= 4 is 5.91 Å². The number of hydrogen-bond donors (Lipinski definition) is 1. The second-order valence-corrected chi connectivity index (χ2v) is 4.23. The van der Waals surface area contributed by atoms with Gasteiger partial charge in [0.15, 0.2) is 0 Å². The monoisotopic (exact) mass is 204 g/mol. The van der Waals surface area contributed by atoms with Gasteiger partial charge in [-0.3, -0.25) is 4.79 Å². The number of nitrogens with two attached hydrogens (primary N) is 1. The molecule has 1 heterocycles. The zero-order valence-corrected chi connectivity index (χ0v) is 8.99. The van der Waals surface area contributed by atoms with E-state index in [4.69, 9.17) is 5.73 Å². The van der Waals surface area contributed by atoms with Crippen LogP contribution in [-0.2, 0) is 24.2 Å². The summed E-state index contributed by atoms with van der Waals surface area (Å²) in [6, 6.07) is 6.24. The minimum absolute atomic E-state index is 0.265. The summed E-state index contributed by atoms with van der Waals surface area (Å²) in [6.45, 7) is 2.09. The number of hydrogen-bond acceptors (Lipinski definition) is 2. The number of fused-ring (bicyclic) bond motifs is 1. The lowest BCUT2D eigenvalue weighted by atomic mass is 9.97. The van der Waals surface area contributed by atoms with Crippen LogP contribution in [-0.4, -0.2) is 24.4 Å². The van der Waals surface area contributed by atoms with E-state index < -0.39 is 0 Å². The summed E-state index contributed by atoms with van der Waals surface area (Å²) in [5, 5.41) is 0. The van der Waals surface area contributed by atoms with Gasteiger partial charge in [0, 0.05) is 13.1 Å². The molecule has 0 saturated heterocycles. The van der Waals surface area contributed by atoms with Gasteiger partial charge in [-0.05, 0) is 30.2 Å². The first-order valence-electron chi connectivity index (χ1n) is 5.22. The van der Waals surface area contributed by atoms with Crippen molar-refractivity contribution in [1.29, 1.82) is 0 Å². The molecule has 0 unspecified atom stereocenters. The van der Waals surface area contributed by atoms with Gasteiger partial charge < -0.3 is 10.6 Å². The van der Waals surface area contributed by atoms with Crippen molar-refractivity contribution in [1.82, 2.24) is 4.90 Å². The summed E-state index contributed by atoms with van der Waals surface area (Å²) in [5.41, 5.74) is 8.94. The van der Waals surface area contributed by atoms with Gasteiger partial charge in [0.05, 0.1) is 6.42 Å². The highest BCUT2D eigenvalue weighted by Crippen LogP contribution is 2.19. The first-order chi connectivity index (χ1) is 7.15. The number of benzene rings is 1. The second kappa shape index (κ2) is 4.03. The van der Waals surface area contributed by atoms with E-state index in [9.17, 15) is 4.79 Å². The largest absolute Gasteiger partial charge is 0.369 e. The maximum absolute atomic E-state index is 10.8. The average Bonchev–Trinajstić information content (AvgIpc) is 2.16. The van der Waals surface area contributed by atoms with Crippen molar-refractivity contribution in [3.8, 4) is 0 Å². The molecule has 0 saturated carbocycles. The van der Waals surface area contributed by atoms with Gasteiger partial charge in [-0.1, -0.05) is 18.2 Å². The molecule has 1 aliphatic heterocycles. The Morgan fingerprint density at radius 1 is 1.47 bits per heavy atom. The van der Waals surface area contributed by atoms with Crippen LogP contribution in [0.1, 0.15) is 16.7 Å². The topological polar surface area (TPSA) is 46.3 Å². The predicted octanol–water partition coefficient (Wildman–Crippen LogP) is 0.702. The minimum atomic E-state index is -0.265. The summed E-state index contributed by atoms with van der Waals surface area (Å²) in [6.07, 6.45) is 1.44. The van der Waals surface area contributed by atoms with Crippen LogP contribution in [0.2, 0.25) is 0 Å². The summed E-state index contributed by atoms with van der Waals surface area (Å²) in [4.78, 5) is 13.1. The Hall–Kier alpha value is -1.35. The molecular formula is C12H16N2O. The third-order valence-corrected chi connectivity index (χ3v) is 2.85. The smallest absolute Gasteiger partial charge is 0.221 e. The highest BCUT2D eigenvalue weighted by Gasteiger charge is 2.13. The minimum Gasteiger partial charge on any atom is -0.369 e. The molecule has 1 aliphatic rings. The van der Waals surface area contributed by atoms with E-state index in [0.29, 0.717) is 6.42 Å². The van der Waals surface area contributed by atoms with Gasteiger partial charge in [-0.25, -0.2) is 0 Å². The fourth-order valence-electron chi connectivity index (χ4n) is 2.06. The molecular weight excluding hydrogens is 188 g/mol. The molecule has 0 radical (unpaired) electrons. The average molecular weight is 204 g/mol. The molecule has 1 amide bonds. The van der Waals surface area contributed by atoms with E-state index in [0.717, 1.165) is 25.1 Å². The standard InChI is InChI=1S/C12H16N2O/c1-14-5-4-10-3-2-9(7-12(13)15)6-11(10)8-14/h2-3,6H,4-5,7-8H2,1H3,(H2,13,15). The Bertz CT molecular complexity index is 387. The van der Waals surface area contributed by atoms with Crippen molar-refractivity contribution in [2.45, 2.75) is 19.4 Å². The molecule has 3 heteroatoms. The summed E-state index contributed by atoms with van der Waals surface area (Å²) in [7, 11) is 2.11. The lowest BCUT2D eigenvalue weighted by Gasteiger charge is -2.25. The SMILES string of the molecule is CN1CCc2ccc(CC(N)=O)cc2C1. The van der Waals surface area contributed by atoms with Gasteiger partial charge in [0.2, 0.25) is 5.91 Å². The van der Waals surface area contributed by atoms with Crippen LogP contribution in [0.3, 0.4) is 0 Å². The van der Waals surface area contributed by atoms with E-state index in [1.165, 1.54) is 11.1 Å². The Balaban J connectivity index is 2.24. The van der Waals surface area contributed by atoms with Crippen LogP contribution in [0.5, 0.6) is 0 Å². The van der Waals surface area contributed by atoms with Crippen LogP contribution < -0.4 is 5.73 Å². The van der Waals surface area contributed by atoms with Crippen LogP contribution >= 0.6 is 0 Å². The Morgan fingerprint density at radius 2 is 2.27 bits per heavy atom. The molecule has 0 bridgehead atoms. The molecule has 0 spiro atoms. The fourth-order valence-corrected chi connectivity index (χ4v) is 2.06. The highest BCUT2D eigenvalue weighted by molar-refractivity contribution is 5.76. The molecule has 80 valence electrons. The summed E-state index contributed by atoms with van der Waals surface area (Å²) < 4.78 is 0. The van der Waals surface area contributed by atoms with Gasteiger partial charge in [-0.2, -0.15) is 0 Å². The molecule has 2 N–H and O–H groups in total. The Morgan fingerprint density at radius 3 is 3.00 bits per heavy atom. The predicted molar refractivity (Wildman–Crippen MR) is 59.4 cm³/mol. The molecule has 0 aliphatic carbocycles. The zero-order valence-electron chi connectivity index (χ0n) is 8.99. The van der Waals surface area contributed by atoms with Crippen LogP contribution in [0.25, 0.3) is 0 Å². The summed E-state index contributed by atoms with van der Waals surface area (Å²) >= 11 is 0. The zero-order chi connectivity index (χ0) is 10.8. The fraction of sp³-hybridized carbons (Fsp3) is 0.417. The summed E-state index contributed by atoms with van der Waals surface area (Å²) in [5.74, 6) is -0.265. The van der Waals surface area contributed by atoms with Crippen LogP contribution in [0, 0.1) is 0 Å². The number of carbonyl (C=O) groups excluding carboxylic acids is 1. The van der Waals surface area contributed by atoms with Crippen LogP contribution in [0.4, 0.5) is 0 Å². The van der Waals surface area contributed by atoms with Gasteiger partial charge in [0.25, 0.3) is 0 Å². The van der Waals surface area contributed by atoms with E-state index in [1.807, 2.05) is 6.07 Å². The normalized spacial score (nSPS) is 16.1. The number of nitrogens with zero attached hydrogens (tertiary/aromatic N) is 1. The molecule has 15 heavy (non-hydrogen) atoms. The van der Waals surface area contributed by atoms with E-state index >= 15 is 0 Å². The Labute approximate surface area is 89.9 Å². The third-order valence-electron chi connectivity index (χ3n) is 2.85. The quantitative estimate of drug-likeness (QED) is 0.771. The van der Waals surface area contributed by atoms with Crippen molar-refractivity contribution in [2.75, 3.05) is 13.6 Å². The van der Waals surface area contributed by atoms with Crippen molar-refractivity contribution in [3.63, 3.8) is 0 Å². The van der Waals surface area contributed by atoms with E-state index in [-0.39, 0.29) is 5.91 Å². The molecule has 0 aromatic heterocycles. The highest BCUT2D eigenvalue weighted by atomic mass is 16.1. The molecule has 0 fully saturated rings. The Kier molecular flexibility index (Phi) is 2.73. The lowest BCUT2D eigenvalue weighted by Crippen LogP contribution is -2.26. The van der Waals surface area contributed by atoms with E-state index in [1.54, 1.807) is 0 Å². The maximum Gasteiger partial charge on any atom is 0.221 e. The van der Waals surface area contributed by atoms with Gasteiger partial charge in [0.1, 0.15) is 0 Å². The molecule has 1 aromatic rings. The first-order valence-corrected chi connectivity index (χ1v) is 5.22. The first kappa shape index (κ1) is 10.2. The van der Waals surface area contributed by atoms with Crippen LogP contribution in [0.15, 0.2) is 18.2 Å². The molecule has 0 atom stereocenters. The number of amides is 1. The maximum atomic E-state index is 10.8. The second-order valence-electron chi connectivity index (χ2n) is 4.23. The van der Waals surface area contributed by atoms with Gasteiger partial charge in [-0.15, -0.1) is 0 Å². The molecule has 3 nitrogen and oxygen atoms in total. The van der Waals surface area contributed by atoms with Crippen molar-refractivity contribution in [2.24, 2.45) is 5.73 Å². The number of primary amides is 1. The van der Waals surface area contributed by atoms with E-state index in [2.05, 4.69) is 24.1 Å².